The van der Waals surface area contributed by atoms with E-state index in [4.69, 9.17) is 0 Å². The summed E-state index contributed by atoms with van der Waals surface area (Å²) in [6.45, 7) is 6.35. The first-order valence-electron chi connectivity index (χ1n) is 8.04. The zero-order chi connectivity index (χ0) is 17.3. The Morgan fingerprint density at radius 2 is 1.83 bits per heavy atom. The summed E-state index contributed by atoms with van der Waals surface area (Å²) >= 11 is 0. The van der Waals surface area contributed by atoms with Crippen LogP contribution < -0.4 is 10.2 Å². The van der Waals surface area contributed by atoms with E-state index in [2.05, 4.69) is 16.4 Å². The van der Waals surface area contributed by atoms with E-state index in [0.717, 1.165) is 22.4 Å². The molecule has 2 amide bonds. The fourth-order valence-corrected chi connectivity index (χ4v) is 3.07. The van der Waals surface area contributed by atoms with Crippen LogP contribution in [0.25, 0.3) is 0 Å². The number of aryl methyl sites for hydroxylation is 3. The number of nitrogens with one attached hydrogen (secondary N) is 1. The van der Waals surface area contributed by atoms with Crippen LogP contribution in [0.15, 0.2) is 36.5 Å². The number of anilines is 2. The van der Waals surface area contributed by atoms with Gasteiger partial charge in [-0.25, -0.2) is 4.98 Å². The SMILES string of the molecule is Cc1cc(C)cc(N2C[C@H](C(=O)Nc3cc(C)ccn3)CC2=O)c1. The van der Waals surface area contributed by atoms with Crippen molar-refractivity contribution < 1.29 is 9.59 Å². The first-order chi connectivity index (χ1) is 11.4. The van der Waals surface area contributed by atoms with E-state index in [0.29, 0.717) is 12.4 Å². The molecule has 0 spiro atoms. The minimum absolute atomic E-state index is 0.0163. The lowest BCUT2D eigenvalue weighted by molar-refractivity contribution is -0.122. The van der Waals surface area contributed by atoms with Gasteiger partial charge in [0.05, 0.1) is 5.92 Å². The Labute approximate surface area is 141 Å². The second-order valence-corrected chi connectivity index (χ2v) is 6.46. The number of amides is 2. The molecule has 2 aromatic rings. The van der Waals surface area contributed by atoms with Gasteiger partial charge in [-0.1, -0.05) is 6.07 Å². The van der Waals surface area contributed by atoms with Gasteiger partial charge in [0.15, 0.2) is 0 Å². The first kappa shape index (κ1) is 16.2. The molecule has 24 heavy (non-hydrogen) atoms. The Morgan fingerprint density at radius 3 is 2.50 bits per heavy atom. The van der Waals surface area contributed by atoms with Gasteiger partial charge in [-0.2, -0.15) is 0 Å². The van der Waals surface area contributed by atoms with Gasteiger partial charge in [0, 0.05) is 24.8 Å². The molecule has 1 aromatic heterocycles. The quantitative estimate of drug-likeness (QED) is 0.944. The highest BCUT2D eigenvalue weighted by molar-refractivity contribution is 6.03. The van der Waals surface area contributed by atoms with Gasteiger partial charge in [0.2, 0.25) is 11.8 Å². The summed E-state index contributed by atoms with van der Waals surface area (Å²) in [4.78, 5) is 30.6. The molecule has 0 aliphatic carbocycles. The largest absolute Gasteiger partial charge is 0.312 e. The highest BCUT2D eigenvalue weighted by Crippen LogP contribution is 2.27. The molecule has 1 aliphatic heterocycles. The molecule has 5 heteroatoms. The minimum atomic E-state index is -0.361. The molecule has 5 nitrogen and oxygen atoms in total. The van der Waals surface area contributed by atoms with Crippen LogP contribution in [0, 0.1) is 26.7 Å². The van der Waals surface area contributed by atoms with Crippen molar-refractivity contribution in [2.24, 2.45) is 5.92 Å². The van der Waals surface area contributed by atoms with Gasteiger partial charge in [0.25, 0.3) is 0 Å². The molecular formula is C19H21N3O2. The normalized spacial score (nSPS) is 17.2. The van der Waals surface area contributed by atoms with E-state index >= 15 is 0 Å². The predicted octanol–water partition coefficient (Wildman–Crippen LogP) is 3.00. The van der Waals surface area contributed by atoms with Crippen LogP contribution in [0.3, 0.4) is 0 Å². The van der Waals surface area contributed by atoms with Gasteiger partial charge in [-0.15, -0.1) is 0 Å². The first-order valence-corrected chi connectivity index (χ1v) is 8.04. The summed E-state index contributed by atoms with van der Waals surface area (Å²) in [6, 6.07) is 9.71. The molecule has 2 heterocycles. The van der Waals surface area contributed by atoms with Crippen LogP contribution in [-0.2, 0) is 9.59 Å². The number of nitrogens with zero attached hydrogens (tertiary/aromatic N) is 2. The van der Waals surface area contributed by atoms with Gasteiger partial charge in [-0.3, -0.25) is 9.59 Å². The van der Waals surface area contributed by atoms with Crippen LogP contribution in [0.5, 0.6) is 0 Å². The van der Waals surface area contributed by atoms with Crippen molar-refractivity contribution in [2.75, 3.05) is 16.8 Å². The maximum absolute atomic E-state index is 12.5. The Balaban J connectivity index is 1.73. The monoisotopic (exact) mass is 323 g/mol. The number of aromatic nitrogens is 1. The standard InChI is InChI=1S/C19H21N3O2/c1-12-4-5-20-17(9-12)21-19(24)15-10-18(23)22(11-15)16-7-13(2)6-14(3)8-16/h4-9,15H,10-11H2,1-3H3,(H,20,21,24)/t15-/m1/s1. The smallest absolute Gasteiger partial charge is 0.230 e. The second kappa shape index (κ2) is 6.43. The van der Waals surface area contributed by atoms with E-state index < -0.39 is 0 Å². The third-order valence-corrected chi connectivity index (χ3v) is 4.18. The number of hydrogen-bond donors (Lipinski definition) is 1. The molecule has 0 bridgehead atoms. The Bertz CT molecular complexity index is 781. The van der Waals surface area contributed by atoms with Crippen LogP contribution >= 0.6 is 0 Å². The molecular weight excluding hydrogens is 302 g/mol. The highest BCUT2D eigenvalue weighted by Gasteiger charge is 2.35. The third-order valence-electron chi connectivity index (χ3n) is 4.18. The molecule has 0 saturated carbocycles. The van der Waals surface area contributed by atoms with E-state index in [-0.39, 0.29) is 24.2 Å². The molecule has 1 atom stereocenters. The summed E-state index contributed by atoms with van der Waals surface area (Å²) in [6.07, 6.45) is 1.89. The van der Waals surface area contributed by atoms with Crippen molar-refractivity contribution in [3.63, 3.8) is 0 Å². The third kappa shape index (κ3) is 3.45. The number of benzene rings is 1. The fourth-order valence-electron chi connectivity index (χ4n) is 3.07. The fraction of sp³-hybridized carbons (Fsp3) is 0.316. The molecule has 1 aliphatic rings. The van der Waals surface area contributed by atoms with Crippen LogP contribution in [-0.4, -0.2) is 23.3 Å². The molecule has 1 saturated heterocycles. The maximum Gasteiger partial charge on any atom is 0.230 e. The number of pyridine rings is 1. The number of carbonyl (C=O) groups excluding carboxylic acids is 2. The topological polar surface area (TPSA) is 62.3 Å². The lowest BCUT2D eigenvalue weighted by atomic mass is 10.1. The Hall–Kier alpha value is -2.69. The Morgan fingerprint density at radius 1 is 1.12 bits per heavy atom. The van der Waals surface area contributed by atoms with E-state index in [1.165, 1.54) is 0 Å². The molecule has 1 aromatic carbocycles. The van der Waals surface area contributed by atoms with Gasteiger partial charge < -0.3 is 10.2 Å². The molecule has 1 N–H and O–H groups in total. The summed E-state index contributed by atoms with van der Waals surface area (Å²) in [7, 11) is 0. The van der Waals surface area contributed by atoms with Crippen molar-refractivity contribution in [1.29, 1.82) is 0 Å². The molecule has 124 valence electrons. The lowest BCUT2D eigenvalue weighted by Gasteiger charge is -2.18. The van der Waals surface area contributed by atoms with E-state index in [1.807, 2.05) is 45.0 Å². The van der Waals surface area contributed by atoms with Gasteiger partial charge >= 0.3 is 0 Å². The van der Waals surface area contributed by atoms with E-state index in [9.17, 15) is 9.59 Å². The summed E-state index contributed by atoms with van der Waals surface area (Å²) in [5.74, 6) is -0.0105. The molecule has 3 rings (SSSR count). The summed E-state index contributed by atoms with van der Waals surface area (Å²) < 4.78 is 0. The Kier molecular flexibility index (Phi) is 4.34. The molecule has 1 fully saturated rings. The van der Waals surface area contributed by atoms with Crippen molar-refractivity contribution in [3.05, 3.63) is 53.2 Å². The minimum Gasteiger partial charge on any atom is -0.312 e. The van der Waals surface area contributed by atoms with Crippen LogP contribution in [0.2, 0.25) is 0 Å². The highest BCUT2D eigenvalue weighted by atomic mass is 16.2. The number of carbonyl (C=O) groups is 2. The average Bonchev–Trinajstić information content (AvgIpc) is 2.88. The van der Waals surface area contributed by atoms with Crippen molar-refractivity contribution in [2.45, 2.75) is 27.2 Å². The molecule has 0 unspecified atom stereocenters. The van der Waals surface area contributed by atoms with Crippen LogP contribution in [0.4, 0.5) is 11.5 Å². The zero-order valence-corrected chi connectivity index (χ0v) is 14.2. The second-order valence-electron chi connectivity index (χ2n) is 6.46. The lowest BCUT2D eigenvalue weighted by Crippen LogP contribution is -2.28. The van der Waals surface area contributed by atoms with Gasteiger partial charge in [-0.05, 0) is 61.7 Å². The summed E-state index contributed by atoms with van der Waals surface area (Å²) in [5, 5.41) is 2.81. The van der Waals surface area contributed by atoms with Gasteiger partial charge in [0.1, 0.15) is 5.82 Å². The number of rotatable bonds is 3. The number of hydrogen-bond acceptors (Lipinski definition) is 3. The van der Waals surface area contributed by atoms with Crippen molar-refractivity contribution in [3.8, 4) is 0 Å². The van der Waals surface area contributed by atoms with Crippen LogP contribution in [0.1, 0.15) is 23.1 Å². The maximum atomic E-state index is 12.5. The molecule has 0 radical (unpaired) electrons. The van der Waals surface area contributed by atoms with E-state index in [1.54, 1.807) is 11.1 Å². The van der Waals surface area contributed by atoms with Crippen molar-refractivity contribution in [1.82, 2.24) is 4.98 Å². The summed E-state index contributed by atoms with van der Waals surface area (Å²) in [5.41, 5.74) is 4.10. The van der Waals surface area contributed by atoms with Crippen molar-refractivity contribution >= 4 is 23.3 Å². The zero-order valence-electron chi connectivity index (χ0n) is 14.2. The average molecular weight is 323 g/mol. The predicted molar refractivity (Wildman–Crippen MR) is 94.0 cm³/mol.